The van der Waals surface area contributed by atoms with E-state index in [9.17, 15) is 9.59 Å². The standard InChI is InChI=1S/C24H26N4O6/c1-13(25)21-20(22(29)26-11-16-4-3-5-17(27-16)24(30)31)28-23(34-21)15-8-9-18(32-2)19(10-15)33-12-14-6-7-14/h3-5,8-10,13-14H,6-7,11-12,25H2,1-2H3,(H,26,29)(H,30,31)/t13-/m0/s1. The lowest BCUT2D eigenvalue weighted by atomic mass is 10.2. The number of carbonyl (C=O) groups excluding carboxylic acids is 1. The van der Waals surface area contributed by atoms with Crippen molar-refractivity contribution in [2.75, 3.05) is 13.7 Å². The summed E-state index contributed by atoms with van der Waals surface area (Å²) < 4.78 is 17.2. The second kappa shape index (κ2) is 9.92. The molecule has 3 aromatic rings. The van der Waals surface area contributed by atoms with Crippen LogP contribution < -0.4 is 20.5 Å². The van der Waals surface area contributed by atoms with Crippen LogP contribution in [0.1, 0.15) is 58.2 Å². The molecule has 1 aromatic carbocycles. The van der Waals surface area contributed by atoms with Crippen molar-refractivity contribution in [3.05, 3.63) is 59.2 Å². The predicted molar refractivity (Wildman–Crippen MR) is 122 cm³/mol. The minimum atomic E-state index is -1.14. The molecular formula is C24H26N4O6. The largest absolute Gasteiger partial charge is 0.493 e. The van der Waals surface area contributed by atoms with Gasteiger partial charge in [-0.15, -0.1) is 0 Å². The van der Waals surface area contributed by atoms with Gasteiger partial charge < -0.3 is 30.0 Å². The molecule has 178 valence electrons. The second-order valence-electron chi connectivity index (χ2n) is 8.14. The molecule has 4 N–H and O–H groups in total. The number of hydrogen-bond acceptors (Lipinski definition) is 8. The monoisotopic (exact) mass is 466 g/mol. The number of carboxylic acids is 1. The zero-order valence-electron chi connectivity index (χ0n) is 18.9. The van der Waals surface area contributed by atoms with Crippen molar-refractivity contribution in [1.82, 2.24) is 15.3 Å². The number of carbonyl (C=O) groups is 2. The maximum atomic E-state index is 12.9. The number of methoxy groups -OCH3 is 1. The molecule has 34 heavy (non-hydrogen) atoms. The van der Waals surface area contributed by atoms with Crippen LogP contribution in [0.5, 0.6) is 11.5 Å². The van der Waals surface area contributed by atoms with Gasteiger partial charge in [0.2, 0.25) is 5.89 Å². The van der Waals surface area contributed by atoms with Crippen LogP contribution in [0, 0.1) is 5.92 Å². The van der Waals surface area contributed by atoms with Gasteiger partial charge in [0, 0.05) is 5.56 Å². The summed E-state index contributed by atoms with van der Waals surface area (Å²) >= 11 is 0. The molecule has 10 nitrogen and oxygen atoms in total. The molecule has 2 heterocycles. The van der Waals surface area contributed by atoms with Crippen LogP contribution in [-0.2, 0) is 6.54 Å². The number of rotatable bonds is 10. The quantitative estimate of drug-likeness (QED) is 0.409. The fraction of sp³-hybridized carbons (Fsp3) is 0.333. The molecule has 1 atom stereocenters. The molecule has 1 aliphatic carbocycles. The molecule has 0 aliphatic heterocycles. The van der Waals surface area contributed by atoms with E-state index in [1.165, 1.54) is 6.07 Å². The van der Waals surface area contributed by atoms with Gasteiger partial charge in [0.15, 0.2) is 23.0 Å². The molecule has 1 saturated carbocycles. The highest BCUT2D eigenvalue weighted by Crippen LogP contribution is 2.36. The first kappa shape index (κ1) is 23.2. The van der Waals surface area contributed by atoms with Crippen LogP contribution >= 0.6 is 0 Å². The Morgan fingerprint density at radius 3 is 2.71 bits per heavy atom. The number of aromatic nitrogens is 2. The maximum Gasteiger partial charge on any atom is 0.354 e. The number of hydrogen-bond donors (Lipinski definition) is 3. The number of nitrogens with one attached hydrogen (secondary N) is 1. The molecule has 0 saturated heterocycles. The highest BCUT2D eigenvalue weighted by atomic mass is 16.5. The summed E-state index contributed by atoms with van der Waals surface area (Å²) in [6, 6.07) is 9.26. The first-order valence-electron chi connectivity index (χ1n) is 10.9. The number of carboxylic acid groups (broad SMARTS) is 1. The van der Waals surface area contributed by atoms with E-state index in [2.05, 4.69) is 15.3 Å². The Bertz CT molecular complexity index is 1200. The third-order valence-electron chi connectivity index (χ3n) is 5.32. The average Bonchev–Trinajstić information content (AvgIpc) is 3.56. The van der Waals surface area contributed by atoms with Gasteiger partial charge in [0.05, 0.1) is 32.0 Å². The van der Waals surface area contributed by atoms with E-state index in [1.807, 2.05) is 0 Å². The van der Waals surface area contributed by atoms with Gasteiger partial charge in [-0.1, -0.05) is 6.07 Å². The summed E-state index contributed by atoms with van der Waals surface area (Å²) in [4.78, 5) is 32.4. The smallest absolute Gasteiger partial charge is 0.354 e. The molecule has 1 aliphatic rings. The maximum absolute atomic E-state index is 12.9. The molecule has 0 bridgehead atoms. The van der Waals surface area contributed by atoms with E-state index in [1.54, 1.807) is 44.4 Å². The molecule has 1 amide bonds. The van der Waals surface area contributed by atoms with Crippen molar-refractivity contribution in [3.8, 4) is 23.0 Å². The number of benzene rings is 1. The molecule has 0 radical (unpaired) electrons. The number of nitrogens with two attached hydrogens (primary N) is 1. The molecule has 1 fully saturated rings. The van der Waals surface area contributed by atoms with Crippen molar-refractivity contribution in [2.45, 2.75) is 32.4 Å². The van der Waals surface area contributed by atoms with Crippen LogP contribution in [0.2, 0.25) is 0 Å². The first-order valence-corrected chi connectivity index (χ1v) is 10.9. The number of nitrogens with zero attached hydrogens (tertiary/aromatic N) is 2. The van der Waals surface area contributed by atoms with Crippen LogP contribution in [-0.4, -0.2) is 40.7 Å². The Kier molecular flexibility index (Phi) is 6.78. The van der Waals surface area contributed by atoms with Crippen molar-refractivity contribution in [1.29, 1.82) is 0 Å². The van der Waals surface area contributed by atoms with Gasteiger partial charge in [-0.2, -0.15) is 0 Å². The number of amides is 1. The molecule has 2 aromatic heterocycles. The minimum Gasteiger partial charge on any atom is -0.493 e. The molecule has 10 heteroatoms. The summed E-state index contributed by atoms with van der Waals surface area (Å²) in [5.41, 5.74) is 6.99. The Morgan fingerprint density at radius 1 is 1.24 bits per heavy atom. The Balaban J connectivity index is 1.55. The zero-order valence-corrected chi connectivity index (χ0v) is 18.9. The topological polar surface area (TPSA) is 150 Å². The van der Waals surface area contributed by atoms with Crippen molar-refractivity contribution < 1.29 is 28.6 Å². The van der Waals surface area contributed by atoms with E-state index < -0.39 is 17.9 Å². The molecule has 0 unspecified atom stereocenters. The van der Waals surface area contributed by atoms with Crippen LogP contribution in [0.25, 0.3) is 11.5 Å². The Hall–Kier alpha value is -3.92. The number of pyridine rings is 1. The van der Waals surface area contributed by atoms with Gasteiger partial charge in [-0.25, -0.2) is 14.8 Å². The van der Waals surface area contributed by atoms with E-state index in [0.29, 0.717) is 35.3 Å². The molecular weight excluding hydrogens is 440 g/mol. The Morgan fingerprint density at radius 2 is 2.03 bits per heavy atom. The summed E-state index contributed by atoms with van der Waals surface area (Å²) in [6.07, 6.45) is 2.32. The number of aromatic carboxylic acids is 1. The normalized spacial score (nSPS) is 13.9. The van der Waals surface area contributed by atoms with Gasteiger partial charge in [-0.05, 0) is 56.0 Å². The average molecular weight is 466 g/mol. The summed E-state index contributed by atoms with van der Waals surface area (Å²) in [6.45, 7) is 2.32. The second-order valence-corrected chi connectivity index (χ2v) is 8.14. The van der Waals surface area contributed by atoms with Crippen LogP contribution in [0.4, 0.5) is 0 Å². The SMILES string of the molecule is COc1ccc(-c2nc(C(=O)NCc3cccc(C(=O)O)n3)c([C@H](C)N)o2)cc1OCC1CC1. The third kappa shape index (κ3) is 5.34. The lowest BCUT2D eigenvalue weighted by molar-refractivity contribution is 0.0690. The number of oxazole rings is 1. The van der Waals surface area contributed by atoms with Gasteiger partial charge >= 0.3 is 5.97 Å². The summed E-state index contributed by atoms with van der Waals surface area (Å²) in [7, 11) is 1.57. The third-order valence-corrected chi connectivity index (χ3v) is 5.32. The fourth-order valence-corrected chi connectivity index (χ4v) is 3.29. The van der Waals surface area contributed by atoms with Crippen molar-refractivity contribution in [2.24, 2.45) is 11.7 Å². The van der Waals surface area contributed by atoms with E-state index in [4.69, 9.17) is 24.7 Å². The zero-order chi connectivity index (χ0) is 24.2. The van der Waals surface area contributed by atoms with E-state index in [-0.39, 0.29) is 29.6 Å². The van der Waals surface area contributed by atoms with Gasteiger partial charge in [0.1, 0.15) is 5.69 Å². The van der Waals surface area contributed by atoms with E-state index in [0.717, 1.165) is 12.8 Å². The van der Waals surface area contributed by atoms with Crippen LogP contribution in [0.15, 0.2) is 40.8 Å². The number of ether oxygens (including phenoxy) is 2. The fourth-order valence-electron chi connectivity index (χ4n) is 3.29. The lowest BCUT2D eigenvalue weighted by Crippen LogP contribution is -2.26. The Labute approximate surface area is 196 Å². The van der Waals surface area contributed by atoms with Gasteiger partial charge in [0.25, 0.3) is 5.91 Å². The van der Waals surface area contributed by atoms with Crippen LogP contribution in [0.3, 0.4) is 0 Å². The molecule has 0 spiro atoms. The highest BCUT2D eigenvalue weighted by Gasteiger charge is 2.25. The molecule has 4 rings (SSSR count). The summed E-state index contributed by atoms with van der Waals surface area (Å²) in [5.74, 6) is 0.538. The summed E-state index contributed by atoms with van der Waals surface area (Å²) in [5, 5.41) is 11.8. The first-order chi connectivity index (χ1) is 16.4. The predicted octanol–water partition coefficient (Wildman–Crippen LogP) is 3.18. The van der Waals surface area contributed by atoms with Crippen molar-refractivity contribution >= 4 is 11.9 Å². The van der Waals surface area contributed by atoms with Crippen molar-refractivity contribution in [3.63, 3.8) is 0 Å². The lowest BCUT2D eigenvalue weighted by Gasteiger charge is -2.11. The highest BCUT2D eigenvalue weighted by molar-refractivity contribution is 5.94. The van der Waals surface area contributed by atoms with E-state index >= 15 is 0 Å². The minimum absolute atomic E-state index is 0.0161. The van der Waals surface area contributed by atoms with Gasteiger partial charge in [-0.3, -0.25) is 4.79 Å².